The Balaban J connectivity index is 2.37. The highest BCUT2D eigenvalue weighted by Crippen LogP contribution is 2.34. The molecule has 0 aliphatic carbocycles. The first-order chi connectivity index (χ1) is 8.44. The maximum atomic E-state index is 8.96. The van der Waals surface area contributed by atoms with Crippen LogP contribution in [-0.4, -0.2) is 25.4 Å². The van der Waals surface area contributed by atoms with E-state index in [1.165, 1.54) is 5.56 Å². The summed E-state index contributed by atoms with van der Waals surface area (Å²) >= 11 is 0. The number of aromatic nitrogens is 1. The van der Waals surface area contributed by atoms with Gasteiger partial charge in [0.05, 0.1) is 7.85 Å². The number of hydrogen-bond donors (Lipinski definition) is 0. The van der Waals surface area contributed by atoms with Gasteiger partial charge in [0, 0.05) is 12.6 Å². The first-order valence-electron chi connectivity index (χ1n) is 6.31. The van der Waals surface area contributed by atoms with Gasteiger partial charge in [-0.05, 0) is 23.5 Å². The van der Waals surface area contributed by atoms with Crippen molar-refractivity contribution in [3.8, 4) is 6.07 Å². The summed E-state index contributed by atoms with van der Waals surface area (Å²) in [5, 5.41) is 8.96. The second kappa shape index (κ2) is 4.64. The molecule has 0 saturated carbocycles. The van der Waals surface area contributed by atoms with E-state index >= 15 is 0 Å². The third-order valence-corrected chi connectivity index (χ3v) is 3.16. The maximum Gasteiger partial charge on any atom is 0.142 e. The van der Waals surface area contributed by atoms with Crippen LogP contribution in [0.15, 0.2) is 12.1 Å². The summed E-state index contributed by atoms with van der Waals surface area (Å²) in [5.74, 6) is 0.944. The summed E-state index contributed by atoms with van der Waals surface area (Å²) in [6.45, 7) is 7.51. The molecule has 92 valence electrons. The fourth-order valence-corrected chi connectivity index (χ4v) is 2.41. The molecule has 0 spiro atoms. The van der Waals surface area contributed by atoms with Crippen molar-refractivity contribution in [1.82, 2.24) is 4.98 Å². The minimum atomic E-state index is 0.180. The Morgan fingerprint density at radius 3 is 2.78 bits per heavy atom. The van der Waals surface area contributed by atoms with E-state index in [-0.39, 0.29) is 5.41 Å². The molecule has 2 heterocycles. The van der Waals surface area contributed by atoms with Crippen LogP contribution in [-0.2, 0) is 6.42 Å². The molecule has 0 bridgehead atoms. The number of rotatable bonds is 2. The highest BCUT2D eigenvalue weighted by molar-refractivity contribution is 6.09. The van der Waals surface area contributed by atoms with E-state index in [2.05, 4.69) is 36.7 Å². The van der Waals surface area contributed by atoms with E-state index in [9.17, 15) is 0 Å². The summed E-state index contributed by atoms with van der Waals surface area (Å²) in [6.07, 6.45) is 1.55. The average molecular weight is 239 g/mol. The van der Waals surface area contributed by atoms with Crippen molar-refractivity contribution in [3.63, 3.8) is 0 Å². The zero-order chi connectivity index (χ0) is 13.3. The molecule has 0 saturated heterocycles. The largest absolute Gasteiger partial charge is 0.353 e. The Hall–Kier alpha value is -1.50. The van der Waals surface area contributed by atoms with Crippen molar-refractivity contribution in [2.75, 3.05) is 11.4 Å². The summed E-state index contributed by atoms with van der Waals surface area (Å²) in [6, 6.07) is 6.20. The minimum Gasteiger partial charge on any atom is -0.353 e. The van der Waals surface area contributed by atoms with E-state index < -0.39 is 0 Å². The lowest BCUT2D eigenvalue weighted by Gasteiger charge is -2.32. The van der Waals surface area contributed by atoms with Crippen molar-refractivity contribution in [2.24, 2.45) is 5.41 Å². The molecule has 0 aromatic carbocycles. The van der Waals surface area contributed by atoms with Gasteiger partial charge < -0.3 is 4.90 Å². The van der Waals surface area contributed by atoms with E-state index in [0.717, 1.165) is 18.8 Å². The van der Waals surface area contributed by atoms with Gasteiger partial charge in [-0.15, -0.1) is 0 Å². The molecular formula is C14H18BN3. The number of pyridine rings is 1. The third kappa shape index (κ3) is 2.50. The van der Waals surface area contributed by atoms with Crippen molar-refractivity contribution in [3.05, 3.63) is 23.4 Å². The topological polar surface area (TPSA) is 39.9 Å². The maximum absolute atomic E-state index is 8.96. The number of nitrogens with zero attached hydrogens (tertiary/aromatic N) is 3. The Kier molecular flexibility index (Phi) is 3.34. The number of fused-ring (bicyclic) bond motifs is 1. The molecule has 1 unspecified atom stereocenters. The highest BCUT2D eigenvalue weighted by Gasteiger charge is 2.31. The van der Waals surface area contributed by atoms with Crippen LogP contribution in [0, 0.1) is 16.7 Å². The van der Waals surface area contributed by atoms with Crippen LogP contribution in [0.25, 0.3) is 0 Å². The van der Waals surface area contributed by atoms with Gasteiger partial charge in [-0.2, -0.15) is 5.26 Å². The summed E-state index contributed by atoms with van der Waals surface area (Å²) in [4.78, 5) is 6.70. The predicted octanol–water partition coefficient (Wildman–Crippen LogP) is 2.32. The van der Waals surface area contributed by atoms with E-state index in [4.69, 9.17) is 13.1 Å². The van der Waals surface area contributed by atoms with E-state index in [1.807, 2.05) is 6.07 Å². The SMILES string of the molecule is [B]CC1Cc2ccc(C#N)nc2N1CC(C)(C)C. The zero-order valence-corrected chi connectivity index (χ0v) is 11.3. The van der Waals surface area contributed by atoms with E-state index in [0.29, 0.717) is 18.1 Å². The molecule has 2 radical (unpaired) electrons. The normalized spacial score (nSPS) is 18.6. The number of anilines is 1. The number of nitriles is 1. The van der Waals surface area contributed by atoms with Crippen LogP contribution in [0.2, 0.25) is 6.32 Å². The van der Waals surface area contributed by atoms with Gasteiger partial charge >= 0.3 is 0 Å². The quantitative estimate of drug-likeness (QED) is 0.743. The van der Waals surface area contributed by atoms with Gasteiger partial charge in [0.2, 0.25) is 0 Å². The van der Waals surface area contributed by atoms with Crippen molar-refractivity contribution < 1.29 is 0 Å². The summed E-state index contributed by atoms with van der Waals surface area (Å²) in [7, 11) is 5.86. The molecular weight excluding hydrogens is 221 g/mol. The predicted molar refractivity (Wildman–Crippen MR) is 73.8 cm³/mol. The van der Waals surface area contributed by atoms with Gasteiger partial charge in [-0.1, -0.05) is 33.2 Å². The minimum absolute atomic E-state index is 0.180. The second-order valence-corrected chi connectivity index (χ2v) is 6.07. The zero-order valence-electron chi connectivity index (χ0n) is 11.3. The lowest BCUT2D eigenvalue weighted by Crippen LogP contribution is -2.38. The monoisotopic (exact) mass is 239 g/mol. The Bertz CT molecular complexity index is 485. The van der Waals surface area contributed by atoms with Gasteiger partial charge in [0.25, 0.3) is 0 Å². The average Bonchev–Trinajstić information content (AvgIpc) is 2.64. The molecule has 3 nitrogen and oxygen atoms in total. The highest BCUT2D eigenvalue weighted by atomic mass is 15.2. The second-order valence-electron chi connectivity index (χ2n) is 6.07. The molecule has 1 aromatic heterocycles. The molecule has 2 rings (SSSR count). The molecule has 18 heavy (non-hydrogen) atoms. The smallest absolute Gasteiger partial charge is 0.142 e. The van der Waals surface area contributed by atoms with Crippen LogP contribution < -0.4 is 4.90 Å². The van der Waals surface area contributed by atoms with Gasteiger partial charge in [0.1, 0.15) is 17.6 Å². The molecule has 1 aliphatic heterocycles. The van der Waals surface area contributed by atoms with Crippen LogP contribution in [0.1, 0.15) is 32.0 Å². The molecule has 0 amide bonds. The fourth-order valence-electron chi connectivity index (χ4n) is 2.41. The standard InChI is InChI=1S/C14H18BN3/c1-14(2,3)9-18-12(7-15)6-10-4-5-11(8-16)17-13(10)18/h4-5,12H,6-7,9H2,1-3H3. The molecule has 0 N–H and O–H groups in total. The Labute approximate surface area is 110 Å². The Morgan fingerprint density at radius 2 is 2.22 bits per heavy atom. The van der Waals surface area contributed by atoms with Gasteiger partial charge in [0.15, 0.2) is 0 Å². The Morgan fingerprint density at radius 1 is 1.50 bits per heavy atom. The van der Waals surface area contributed by atoms with Crippen LogP contribution in [0.4, 0.5) is 5.82 Å². The first kappa shape index (κ1) is 12.9. The van der Waals surface area contributed by atoms with Crippen molar-refractivity contribution in [2.45, 2.75) is 39.6 Å². The molecule has 0 fully saturated rings. The molecule has 1 atom stereocenters. The van der Waals surface area contributed by atoms with Gasteiger partial charge in [-0.25, -0.2) is 4.98 Å². The first-order valence-corrected chi connectivity index (χ1v) is 6.31. The van der Waals surface area contributed by atoms with E-state index in [1.54, 1.807) is 6.07 Å². The van der Waals surface area contributed by atoms with Crippen molar-refractivity contribution >= 4 is 13.7 Å². The lowest BCUT2D eigenvalue weighted by atomic mass is 9.91. The molecule has 1 aromatic rings. The third-order valence-electron chi connectivity index (χ3n) is 3.16. The number of hydrogen-bond acceptors (Lipinski definition) is 3. The summed E-state index contributed by atoms with van der Waals surface area (Å²) in [5.41, 5.74) is 1.86. The van der Waals surface area contributed by atoms with Crippen molar-refractivity contribution in [1.29, 1.82) is 5.26 Å². The van der Waals surface area contributed by atoms with Crippen LogP contribution in [0.5, 0.6) is 0 Å². The van der Waals surface area contributed by atoms with Crippen LogP contribution >= 0.6 is 0 Å². The fraction of sp³-hybridized carbons (Fsp3) is 0.571. The van der Waals surface area contributed by atoms with Crippen LogP contribution in [0.3, 0.4) is 0 Å². The molecule has 1 aliphatic rings. The van der Waals surface area contributed by atoms with Gasteiger partial charge in [-0.3, -0.25) is 0 Å². The molecule has 4 heteroatoms. The lowest BCUT2D eigenvalue weighted by molar-refractivity contribution is 0.398. The summed E-state index contributed by atoms with van der Waals surface area (Å²) < 4.78 is 0.